The average Bonchev–Trinajstić information content (AvgIpc) is 3.78. The lowest BCUT2D eigenvalue weighted by Crippen LogP contribution is -2.04. The molecule has 0 saturated carbocycles. The van der Waals surface area contributed by atoms with E-state index in [0.717, 1.165) is 92.8 Å². The SMILES string of the molecule is c1ccc2c(-c3nc(-n4c5c6ccccc6ccc5c5c6ccccc6c6c7ccccc7oc6c54)nc4c3ccc3ccccc34)cccc2c1. The van der Waals surface area contributed by atoms with Gasteiger partial charge in [-0.2, -0.15) is 0 Å². The van der Waals surface area contributed by atoms with E-state index in [2.05, 4.69) is 162 Å². The smallest absolute Gasteiger partial charge is 0.235 e. The fraction of sp³-hybridized carbons (Fsp3) is 0. The number of fused-ring (bicyclic) bond motifs is 16. The van der Waals surface area contributed by atoms with Crippen molar-refractivity contribution in [3.63, 3.8) is 0 Å². The largest absolute Gasteiger partial charge is 0.454 e. The molecule has 0 aliphatic rings. The summed E-state index contributed by atoms with van der Waals surface area (Å²) >= 11 is 0. The lowest BCUT2D eigenvalue weighted by Gasteiger charge is -2.15. The number of nitrogens with zero attached hydrogens (tertiary/aromatic N) is 3. The third-order valence-corrected chi connectivity index (χ3v) is 11.0. The molecule has 0 radical (unpaired) electrons. The van der Waals surface area contributed by atoms with E-state index in [-0.39, 0.29) is 0 Å². The van der Waals surface area contributed by atoms with Gasteiger partial charge in [-0.1, -0.05) is 152 Å². The van der Waals surface area contributed by atoms with E-state index < -0.39 is 0 Å². The molecule has 52 heavy (non-hydrogen) atoms. The van der Waals surface area contributed by atoms with Gasteiger partial charge in [0.1, 0.15) is 11.1 Å². The molecular weight excluding hydrogens is 635 g/mol. The number of benzene rings is 9. The monoisotopic (exact) mass is 661 g/mol. The fourth-order valence-electron chi connectivity index (χ4n) is 8.72. The van der Waals surface area contributed by atoms with Crippen LogP contribution < -0.4 is 0 Å². The molecule has 0 bridgehead atoms. The molecule has 0 fully saturated rings. The van der Waals surface area contributed by atoms with Gasteiger partial charge in [0.2, 0.25) is 5.95 Å². The second kappa shape index (κ2) is 10.3. The molecule has 0 aliphatic carbocycles. The van der Waals surface area contributed by atoms with Gasteiger partial charge < -0.3 is 4.42 Å². The van der Waals surface area contributed by atoms with Gasteiger partial charge in [-0.15, -0.1) is 0 Å². The zero-order valence-corrected chi connectivity index (χ0v) is 27.8. The van der Waals surface area contributed by atoms with Crippen molar-refractivity contribution in [3.8, 4) is 17.2 Å². The third-order valence-electron chi connectivity index (χ3n) is 11.0. The Morgan fingerprint density at radius 3 is 1.75 bits per heavy atom. The molecule has 0 aliphatic heterocycles. The molecule has 3 heterocycles. The molecule has 0 saturated heterocycles. The first-order valence-electron chi connectivity index (χ1n) is 17.7. The third kappa shape index (κ3) is 3.65. The summed E-state index contributed by atoms with van der Waals surface area (Å²) in [4.78, 5) is 11.2. The van der Waals surface area contributed by atoms with Gasteiger partial charge in [0, 0.05) is 43.3 Å². The predicted molar refractivity (Wildman–Crippen MR) is 217 cm³/mol. The van der Waals surface area contributed by atoms with Gasteiger partial charge >= 0.3 is 0 Å². The van der Waals surface area contributed by atoms with Crippen LogP contribution in [0.2, 0.25) is 0 Å². The average molecular weight is 662 g/mol. The molecule has 12 aromatic rings. The van der Waals surface area contributed by atoms with E-state index in [1.807, 2.05) is 6.07 Å². The summed E-state index contributed by atoms with van der Waals surface area (Å²) in [6.07, 6.45) is 0. The number of furan rings is 1. The van der Waals surface area contributed by atoms with Crippen molar-refractivity contribution in [3.05, 3.63) is 164 Å². The van der Waals surface area contributed by atoms with Gasteiger partial charge in [0.15, 0.2) is 5.58 Å². The van der Waals surface area contributed by atoms with Crippen molar-refractivity contribution < 1.29 is 4.42 Å². The van der Waals surface area contributed by atoms with Crippen molar-refractivity contribution in [1.29, 1.82) is 0 Å². The maximum atomic E-state index is 6.93. The molecule has 3 aromatic heterocycles. The quantitative estimate of drug-likeness (QED) is 0.173. The van der Waals surface area contributed by atoms with Gasteiger partial charge in [-0.05, 0) is 44.5 Å². The molecule has 4 nitrogen and oxygen atoms in total. The van der Waals surface area contributed by atoms with E-state index in [4.69, 9.17) is 14.4 Å². The molecule has 240 valence electrons. The normalized spacial score (nSPS) is 12.2. The summed E-state index contributed by atoms with van der Waals surface area (Å²) in [6, 6.07) is 58.1. The zero-order valence-electron chi connectivity index (χ0n) is 27.8. The molecule has 9 aromatic carbocycles. The second-order valence-electron chi connectivity index (χ2n) is 13.7. The maximum Gasteiger partial charge on any atom is 0.235 e. The van der Waals surface area contributed by atoms with Crippen molar-refractivity contribution in [2.75, 3.05) is 0 Å². The predicted octanol–water partition coefficient (Wildman–Crippen LogP) is 12.9. The van der Waals surface area contributed by atoms with Gasteiger partial charge in [-0.3, -0.25) is 4.57 Å². The number of hydrogen-bond acceptors (Lipinski definition) is 3. The van der Waals surface area contributed by atoms with Crippen LogP contribution in [0.5, 0.6) is 0 Å². The van der Waals surface area contributed by atoms with Crippen LogP contribution in [0.25, 0.3) is 115 Å². The van der Waals surface area contributed by atoms with Gasteiger partial charge in [0.05, 0.1) is 16.7 Å². The summed E-state index contributed by atoms with van der Waals surface area (Å²) in [7, 11) is 0. The first kappa shape index (κ1) is 27.7. The minimum atomic E-state index is 0.611. The molecule has 0 atom stereocenters. The van der Waals surface area contributed by atoms with Gasteiger partial charge in [-0.25, -0.2) is 9.97 Å². The van der Waals surface area contributed by atoms with Crippen molar-refractivity contribution in [2.24, 2.45) is 0 Å². The standard InChI is InChI=1S/C48H27N3O/c1-4-16-31-28(12-1)15-11-22-36(31)44-39-27-25-29-13-2-5-17-32(29)43(39)49-48(50-44)51-45-33-18-6-3-14-30(33)24-26-38(45)41-34-19-7-8-20-35(34)42-37-21-9-10-23-40(37)52-47(42)46(41)51/h1-27H. The Morgan fingerprint density at radius 2 is 0.962 bits per heavy atom. The molecule has 12 rings (SSSR count). The first-order chi connectivity index (χ1) is 25.8. The second-order valence-corrected chi connectivity index (χ2v) is 13.7. The van der Waals surface area contributed by atoms with Crippen LogP contribution in [0.15, 0.2) is 168 Å². The Labute approximate surface area is 296 Å². The fourth-order valence-corrected chi connectivity index (χ4v) is 8.72. The molecule has 0 amide bonds. The van der Waals surface area contributed by atoms with Crippen LogP contribution in [0, 0.1) is 0 Å². The van der Waals surface area contributed by atoms with Crippen molar-refractivity contribution in [2.45, 2.75) is 0 Å². The van der Waals surface area contributed by atoms with Crippen LogP contribution in [-0.4, -0.2) is 14.5 Å². The van der Waals surface area contributed by atoms with E-state index >= 15 is 0 Å². The summed E-state index contributed by atoms with van der Waals surface area (Å²) in [5.74, 6) is 0.611. The Hall–Kier alpha value is -7.04. The molecule has 4 heteroatoms. The van der Waals surface area contributed by atoms with Crippen LogP contribution in [0.3, 0.4) is 0 Å². The topological polar surface area (TPSA) is 43.9 Å². The Balaban J connectivity index is 1.37. The number of hydrogen-bond donors (Lipinski definition) is 0. The summed E-state index contributed by atoms with van der Waals surface area (Å²) in [5, 5.41) is 14.7. The van der Waals surface area contributed by atoms with Crippen LogP contribution >= 0.6 is 0 Å². The first-order valence-corrected chi connectivity index (χ1v) is 17.7. The summed E-state index contributed by atoms with van der Waals surface area (Å²) < 4.78 is 9.22. The number of para-hydroxylation sites is 1. The van der Waals surface area contributed by atoms with E-state index in [9.17, 15) is 0 Å². The minimum absolute atomic E-state index is 0.611. The van der Waals surface area contributed by atoms with Gasteiger partial charge in [0.25, 0.3) is 0 Å². The summed E-state index contributed by atoms with van der Waals surface area (Å²) in [5.41, 5.74) is 6.63. The van der Waals surface area contributed by atoms with Crippen molar-refractivity contribution >= 4 is 97.7 Å². The van der Waals surface area contributed by atoms with E-state index in [0.29, 0.717) is 5.95 Å². The van der Waals surface area contributed by atoms with Crippen LogP contribution in [0.1, 0.15) is 0 Å². The van der Waals surface area contributed by atoms with Crippen LogP contribution in [-0.2, 0) is 0 Å². The number of aromatic nitrogens is 3. The zero-order chi connectivity index (χ0) is 33.9. The summed E-state index contributed by atoms with van der Waals surface area (Å²) in [6.45, 7) is 0. The van der Waals surface area contributed by atoms with Crippen molar-refractivity contribution in [1.82, 2.24) is 14.5 Å². The molecule has 0 spiro atoms. The maximum absolute atomic E-state index is 6.93. The minimum Gasteiger partial charge on any atom is -0.454 e. The highest BCUT2D eigenvalue weighted by molar-refractivity contribution is 6.36. The highest BCUT2D eigenvalue weighted by Crippen LogP contribution is 2.47. The highest BCUT2D eigenvalue weighted by atomic mass is 16.3. The number of rotatable bonds is 2. The lowest BCUT2D eigenvalue weighted by atomic mass is 9.97. The molecule has 0 N–H and O–H groups in total. The molecular formula is C48H27N3O. The Morgan fingerprint density at radius 1 is 0.385 bits per heavy atom. The molecule has 0 unspecified atom stereocenters. The van der Waals surface area contributed by atoms with E-state index in [1.54, 1.807) is 0 Å². The van der Waals surface area contributed by atoms with Crippen LogP contribution in [0.4, 0.5) is 0 Å². The van der Waals surface area contributed by atoms with E-state index in [1.165, 1.54) is 16.2 Å². The Kier molecular flexibility index (Phi) is 5.47. The Bertz CT molecular complexity index is 3470. The lowest BCUT2D eigenvalue weighted by molar-refractivity contribution is 0.671. The highest BCUT2D eigenvalue weighted by Gasteiger charge is 2.26.